The Morgan fingerprint density at radius 2 is 1.71 bits per heavy atom. The average Bonchev–Trinajstić information content (AvgIpc) is 3.47. The zero-order chi connectivity index (χ0) is 40.6. The lowest BCUT2D eigenvalue weighted by molar-refractivity contribution is -0.314. The van der Waals surface area contributed by atoms with E-state index in [0.29, 0.717) is 25.1 Å². The lowest BCUT2D eigenvalue weighted by Crippen LogP contribution is -2.60. The third-order valence-electron chi connectivity index (χ3n) is 12.7. The molecule has 0 radical (unpaired) electrons. The van der Waals surface area contributed by atoms with Crippen molar-refractivity contribution in [2.75, 3.05) is 7.11 Å². The molecule has 3 fully saturated rings. The van der Waals surface area contributed by atoms with E-state index in [1.807, 2.05) is 65.0 Å². The highest BCUT2D eigenvalue weighted by molar-refractivity contribution is 5.73. The number of aliphatic hydroxyl groups is 4. The largest absolute Gasteiger partial charge is 0.488 e. The first kappa shape index (κ1) is 43.9. The van der Waals surface area contributed by atoms with Gasteiger partial charge in [0.1, 0.15) is 41.4 Å². The van der Waals surface area contributed by atoms with Crippen LogP contribution >= 0.6 is 0 Å². The Bertz CT molecular complexity index is 1480. The molecule has 13 heteroatoms. The molecule has 0 spiro atoms. The number of cyclic esters (lactones) is 1. The molecule has 1 aromatic carbocycles. The van der Waals surface area contributed by atoms with Crippen LogP contribution in [0.4, 0.5) is 0 Å². The Labute approximate surface area is 327 Å². The van der Waals surface area contributed by atoms with Crippen molar-refractivity contribution in [3.05, 3.63) is 47.2 Å². The van der Waals surface area contributed by atoms with Crippen LogP contribution in [0.25, 0.3) is 0 Å². The van der Waals surface area contributed by atoms with Gasteiger partial charge in [-0.25, -0.2) is 0 Å². The summed E-state index contributed by atoms with van der Waals surface area (Å²) >= 11 is 0. The summed E-state index contributed by atoms with van der Waals surface area (Å²) in [6.07, 6.45) is -7.62. The Morgan fingerprint density at radius 1 is 1.04 bits per heavy atom. The second-order valence-corrected chi connectivity index (χ2v) is 17.3. The summed E-state index contributed by atoms with van der Waals surface area (Å²) in [6.45, 7) is 18.6. The van der Waals surface area contributed by atoms with Crippen molar-refractivity contribution in [1.82, 2.24) is 5.32 Å². The molecule has 5 rings (SSSR count). The van der Waals surface area contributed by atoms with Gasteiger partial charge in [-0.3, -0.25) is 4.79 Å². The molecule has 2 bridgehead atoms. The van der Waals surface area contributed by atoms with Gasteiger partial charge in [-0.05, 0) is 72.4 Å². The van der Waals surface area contributed by atoms with Crippen LogP contribution in [0.15, 0.2) is 41.7 Å². The number of carbonyl (C=O) groups is 1. The number of rotatable bonds is 11. The molecule has 1 aromatic rings. The van der Waals surface area contributed by atoms with E-state index in [9.17, 15) is 25.2 Å². The molecule has 13 nitrogen and oxygen atoms in total. The van der Waals surface area contributed by atoms with Crippen LogP contribution in [-0.4, -0.2) is 118 Å². The highest BCUT2D eigenvalue weighted by atomic mass is 16.7. The minimum atomic E-state index is -1.83. The third kappa shape index (κ3) is 9.11. The topological polar surface area (TPSA) is 175 Å². The molecule has 0 saturated carbocycles. The maximum atomic E-state index is 14.4. The number of nitrogens with one attached hydrogen (secondary N) is 1. The maximum Gasteiger partial charge on any atom is 0.311 e. The van der Waals surface area contributed by atoms with Crippen molar-refractivity contribution in [2.24, 2.45) is 17.8 Å². The van der Waals surface area contributed by atoms with E-state index in [-0.39, 0.29) is 25.0 Å². The fourth-order valence-corrected chi connectivity index (χ4v) is 9.28. The molecule has 5 unspecified atom stereocenters. The highest BCUT2D eigenvalue weighted by Gasteiger charge is 2.57. The zero-order valence-electron chi connectivity index (χ0n) is 34.6. The number of fused-ring (bicyclic) bond motifs is 2. The Hall–Kier alpha value is -2.17. The van der Waals surface area contributed by atoms with Crippen LogP contribution in [0.5, 0.6) is 0 Å². The number of esters is 1. The van der Waals surface area contributed by atoms with Gasteiger partial charge in [-0.2, -0.15) is 0 Å². The van der Waals surface area contributed by atoms with Crippen molar-refractivity contribution in [3.63, 3.8) is 0 Å². The van der Waals surface area contributed by atoms with Gasteiger partial charge in [0.2, 0.25) is 0 Å². The van der Waals surface area contributed by atoms with Crippen molar-refractivity contribution in [2.45, 2.75) is 186 Å². The minimum absolute atomic E-state index is 0.165. The predicted octanol–water partition coefficient (Wildman–Crippen LogP) is 4.12. The van der Waals surface area contributed by atoms with Crippen molar-refractivity contribution in [3.8, 4) is 0 Å². The van der Waals surface area contributed by atoms with Gasteiger partial charge in [0.25, 0.3) is 0 Å². The molecule has 4 aliphatic heterocycles. The molecule has 3 saturated heterocycles. The summed E-state index contributed by atoms with van der Waals surface area (Å²) in [5.74, 6) is -2.33. The van der Waals surface area contributed by atoms with Crippen LogP contribution in [0.3, 0.4) is 0 Å². The fourth-order valence-electron chi connectivity index (χ4n) is 9.28. The first-order valence-electron chi connectivity index (χ1n) is 20.1. The summed E-state index contributed by atoms with van der Waals surface area (Å²) in [5, 5.41) is 49.2. The molecule has 55 heavy (non-hydrogen) atoms. The Balaban J connectivity index is 1.54. The fraction of sp³-hybridized carbons (Fsp3) is 0.786. The number of hydrogen-bond donors (Lipinski definition) is 5. The van der Waals surface area contributed by atoms with Crippen molar-refractivity contribution in [1.29, 1.82) is 0 Å². The number of aliphatic hydroxyl groups excluding tert-OH is 3. The number of hydrogen-bond acceptors (Lipinski definition) is 13. The van der Waals surface area contributed by atoms with Crippen molar-refractivity contribution >= 4 is 5.97 Å². The first-order valence-corrected chi connectivity index (χ1v) is 20.1. The van der Waals surface area contributed by atoms with Crippen LogP contribution in [0, 0.1) is 17.8 Å². The molecule has 17 atom stereocenters. The highest BCUT2D eigenvalue weighted by Crippen LogP contribution is 2.48. The molecular formula is C42H67NO12. The lowest BCUT2D eigenvalue weighted by Gasteiger charge is -2.48. The van der Waals surface area contributed by atoms with E-state index in [1.54, 1.807) is 27.7 Å². The zero-order valence-corrected chi connectivity index (χ0v) is 34.6. The minimum Gasteiger partial charge on any atom is -0.488 e. The SMILES string of the molecule is CC[C@@H](O)[C@@](C)(O)[C@@H]1OC(=O)[C@H](C)[C@@H](O[C@H]2CC(C)(OC)[C@@H](O)C(C)O2)[C@H](C)[C@@H](O[C@@H]2OC(C)CC(NCc3ccccc3)C2O)[C@]2(C)CC(C)=C(O2)[C@@H]1C. The summed E-state index contributed by atoms with van der Waals surface area (Å²) in [6, 6.07) is 9.62. The van der Waals surface area contributed by atoms with E-state index in [0.717, 1.165) is 11.1 Å². The Kier molecular flexibility index (Phi) is 13.9. The van der Waals surface area contributed by atoms with Gasteiger partial charge in [0, 0.05) is 38.5 Å². The lowest BCUT2D eigenvalue weighted by atomic mass is 9.78. The predicted molar refractivity (Wildman–Crippen MR) is 203 cm³/mol. The van der Waals surface area contributed by atoms with Crippen LogP contribution in [-0.2, 0) is 44.5 Å². The van der Waals surface area contributed by atoms with Gasteiger partial charge < -0.3 is 58.9 Å². The van der Waals surface area contributed by atoms with E-state index >= 15 is 0 Å². The first-order chi connectivity index (χ1) is 25.8. The third-order valence-corrected chi connectivity index (χ3v) is 12.7. The van der Waals surface area contributed by atoms with E-state index in [2.05, 4.69) is 5.32 Å². The van der Waals surface area contributed by atoms with Gasteiger partial charge in [0.05, 0.1) is 41.9 Å². The number of ether oxygens (including phenoxy) is 7. The summed E-state index contributed by atoms with van der Waals surface area (Å²) in [4.78, 5) is 14.4. The normalized spacial score (nSPS) is 43.2. The quantitative estimate of drug-likeness (QED) is 0.203. The van der Waals surface area contributed by atoms with E-state index in [4.69, 9.17) is 33.2 Å². The second-order valence-electron chi connectivity index (χ2n) is 17.3. The van der Waals surface area contributed by atoms with Gasteiger partial charge in [-0.15, -0.1) is 0 Å². The number of methoxy groups -OCH3 is 1. The molecule has 312 valence electrons. The molecule has 0 amide bonds. The second kappa shape index (κ2) is 17.4. The summed E-state index contributed by atoms with van der Waals surface area (Å²) in [5.41, 5.74) is -1.93. The number of carbonyl (C=O) groups excluding carboxylic acids is 1. The maximum absolute atomic E-state index is 14.4. The molecular weight excluding hydrogens is 710 g/mol. The molecule has 4 heterocycles. The molecule has 4 aliphatic rings. The summed E-state index contributed by atoms with van der Waals surface area (Å²) in [7, 11) is 1.53. The molecule has 5 N–H and O–H groups in total. The van der Waals surface area contributed by atoms with Crippen LogP contribution in [0.1, 0.15) is 100 Å². The average molecular weight is 778 g/mol. The van der Waals surface area contributed by atoms with Crippen LogP contribution in [0.2, 0.25) is 0 Å². The van der Waals surface area contributed by atoms with Crippen LogP contribution < -0.4 is 5.32 Å². The van der Waals surface area contributed by atoms with Gasteiger partial charge in [0.15, 0.2) is 12.6 Å². The van der Waals surface area contributed by atoms with E-state index in [1.165, 1.54) is 14.0 Å². The Morgan fingerprint density at radius 3 is 2.35 bits per heavy atom. The van der Waals surface area contributed by atoms with Gasteiger partial charge >= 0.3 is 5.97 Å². The number of benzene rings is 1. The van der Waals surface area contributed by atoms with Gasteiger partial charge in [-0.1, -0.05) is 51.1 Å². The monoisotopic (exact) mass is 777 g/mol. The molecule has 0 aromatic heterocycles. The summed E-state index contributed by atoms with van der Waals surface area (Å²) < 4.78 is 45.2. The standard InChI is InChI=1S/C42H67NO12/c1-12-30(44)42(10,48)37-24(4)33-22(2)19-41(9,55-33)36(54-39-32(45)29(18-23(3)50-39)43-21-28-16-14-13-15-17-28)25(5)34(26(6)38(47)53-37)52-31-20-40(8,49-11)35(46)27(7)51-31/h13-17,23-27,29-32,34-37,39,43-46,48H,12,18-21H2,1-11H3/t23?,24-,25-,26+,27?,29?,30+,31-,32?,34-,35-,36+,37+,39-,40?,41-,42+/m0/s1. The van der Waals surface area contributed by atoms with Crippen molar-refractivity contribution < 1.29 is 58.4 Å². The molecule has 0 aliphatic carbocycles. The smallest absolute Gasteiger partial charge is 0.311 e. The van der Waals surface area contributed by atoms with E-state index < -0.39 is 95.8 Å².